The van der Waals surface area contributed by atoms with Gasteiger partial charge in [-0.2, -0.15) is 0 Å². The second-order valence-electron chi connectivity index (χ2n) is 4.69. The zero-order valence-electron chi connectivity index (χ0n) is 10.9. The maximum atomic E-state index is 9.64. The molecular weight excluding hydrogens is 206 g/mol. The quantitative estimate of drug-likeness (QED) is 0.558. The molecule has 0 radical (unpaired) electrons. The summed E-state index contributed by atoms with van der Waals surface area (Å²) in [7, 11) is 0. The van der Waals surface area contributed by atoms with E-state index in [1.54, 1.807) is 6.92 Å². The molecule has 98 valence electrons. The van der Waals surface area contributed by atoms with E-state index in [1.165, 1.54) is 0 Å². The van der Waals surface area contributed by atoms with Crippen molar-refractivity contribution in [1.82, 2.24) is 0 Å². The van der Waals surface area contributed by atoms with Crippen LogP contribution in [0.4, 0.5) is 0 Å². The summed E-state index contributed by atoms with van der Waals surface area (Å²) < 4.78 is 10.7. The van der Waals surface area contributed by atoms with Crippen LogP contribution in [0.25, 0.3) is 0 Å². The number of hydrogen-bond acceptors (Lipinski definition) is 4. The molecule has 0 heterocycles. The molecule has 4 heteroatoms. The molecule has 0 fully saturated rings. The first kappa shape index (κ1) is 15.8. The number of rotatable bonds is 10. The summed E-state index contributed by atoms with van der Waals surface area (Å²) in [6.07, 6.45) is 2.89. The minimum Gasteiger partial charge on any atom is -0.389 e. The van der Waals surface area contributed by atoms with E-state index in [0.29, 0.717) is 19.8 Å². The Morgan fingerprint density at radius 2 is 1.88 bits per heavy atom. The summed E-state index contributed by atoms with van der Waals surface area (Å²) in [5.41, 5.74) is 4.70. The molecular formula is C12H27NO3. The maximum Gasteiger partial charge on any atom is 0.0741 e. The first-order chi connectivity index (χ1) is 7.48. The van der Waals surface area contributed by atoms with E-state index in [4.69, 9.17) is 15.2 Å². The van der Waals surface area contributed by atoms with Crippen LogP contribution < -0.4 is 5.73 Å². The van der Waals surface area contributed by atoms with Crippen molar-refractivity contribution >= 4 is 0 Å². The molecule has 0 aliphatic carbocycles. The third-order valence-corrected chi connectivity index (χ3v) is 2.37. The summed E-state index contributed by atoms with van der Waals surface area (Å²) in [4.78, 5) is 0. The first-order valence-electron chi connectivity index (χ1n) is 6.10. The SMILES string of the molecule is CC(C)OCCOCCCCC(C)(O)CN. The molecule has 0 aromatic carbocycles. The molecule has 0 aromatic rings. The number of nitrogens with two attached hydrogens (primary N) is 1. The molecule has 0 aliphatic rings. The summed E-state index contributed by atoms with van der Waals surface area (Å²) >= 11 is 0. The lowest BCUT2D eigenvalue weighted by Crippen LogP contribution is -2.33. The molecule has 3 N–H and O–H groups in total. The molecule has 1 atom stereocenters. The van der Waals surface area contributed by atoms with E-state index < -0.39 is 5.60 Å². The van der Waals surface area contributed by atoms with Crippen LogP contribution in [-0.4, -0.2) is 43.2 Å². The summed E-state index contributed by atoms with van der Waals surface area (Å²) in [5.74, 6) is 0. The van der Waals surface area contributed by atoms with Gasteiger partial charge in [-0.1, -0.05) is 0 Å². The van der Waals surface area contributed by atoms with Gasteiger partial charge in [0.1, 0.15) is 0 Å². The van der Waals surface area contributed by atoms with Gasteiger partial charge in [0.05, 0.1) is 24.9 Å². The van der Waals surface area contributed by atoms with Gasteiger partial charge < -0.3 is 20.3 Å². The lowest BCUT2D eigenvalue weighted by atomic mass is 10.00. The largest absolute Gasteiger partial charge is 0.389 e. The lowest BCUT2D eigenvalue weighted by Gasteiger charge is -2.20. The van der Waals surface area contributed by atoms with Crippen LogP contribution in [0.1, 0.15) is 40.0 Å². The molecule has 1 unspecified atom stereocenters. The minimum atomic E-state index is -0.721. The third kappa shape index (κ3) is 10.4. The van der Waals surface area contributed by atoms with Gasteiger partial charge in [0.2, 0.25) is 0 Å². The van der Waals surface area contributed by atoms with Crippen LogP contribution in [0.15, 0.2) is 0 Å². The van der Waals surface area contributed by atoms with Gasteiger partial charge in [0, 0.05) is 13.2 Å². The van der Waals surface area contributed by atoms with Crippen molar-refractivity contribution in [1.29, 1.82) is 0 Å². The highest BCUT2D eigenvalue weighted by Crippen LogP contribution is 2.11. The molecule has 16 heavy (non-hydrogen) atoms. The number of aliphatic hydroxyl groups is 1. The van der Waals surface area contributed by atoms with Crippen molar-refractivity contribution in [2.75, 3.05) is 26.4 Å². The standard InChI is InChI=1S/C12H27NO3/c1-11(2)16-9-8-15-7-5-4-6-12(3,14)10-13/h11,14H,4-10,13H2,1-3H3. The van der Waals surface area contributed by atoms with E-state index in [0.717, 1.165) is 25.9 Å². The highest BCUT2D eigenvalue weighted by molar-refractivity contribution is 4.72. The Balaban J connectivity index is 3.16. The first-order valence-corrected chi connectivity index (χ1v) is 6.10. The third-order valence-electron chi connectivity index (χ3n) is 2.37. The second-order valence-corrected chi connectivity index (χ2v) is 4.69. The van der Waals surface area contributed by atoms with Crippen molar-refractivity contribution < 1.29 is 14.6 Å². The average Bonchev–Trinajstić information content (AvgIpc) is 2.21. The maximum absolute atomic E-state index is 9.64. The van der Waals surface area contributed by atoms with E-state index in [-0.39, 0.29) is 6.10 Å². The van der Waals surface area contributed by atoms with Gasteiger partial charge >= 0.3 is 0 Å². The number of unbranched alkanes of at least 4 members (excludes halogenated alkanes) is 1. The van der Waals surface area contributed by atoms with Crippen molar-refractivity contribution in [2.24, 2.45) is 5.73 Å². The Morgan fingerprint density at radius 1 is 1.19 bits per heavy atom. The van der Waals surface area contributed by atoms with Gasteiger partial charge in [-0.3, -0.25) is 0 Å². The van der Waals surface area contributed by atoms with E-state index in [2.05, 4.69) is 0 Å². The van der Waals surface area contributed by atoms with Crippen LogP contribution in [0.3, 0.4) is 0 Å². The van der Waals surface area contributed by atoms with Gasteiger partial charge in [0.25, 0.3) is 0 Å². The van der Waals surface area contributed by atoms with Gasteiger partial charge in [-0.25, -0.2) is 0 Å². The van der Waals surface area contributed by atoms with Crippen molar-refractivity contribution in [3.05, 3.63) is 0 Å². The van der Waals surface area contributed by atoms with Crippen molar-refractivity contribution in [3.8, 4) is 0 Å². The highest BCUT2D eigenvalue weighted by Gasteiger charge is 2.16. The molecule has 0 rings (SSSR count). The molecule has 0 saturated heterocycles. The fourth-order valence-electron chi connectivity index (χ4n) is 1.26. The zero-order valence-corrected chi connectivity index (χ0v) is 10.9. The van der Waals surface area contributed by atoms with Crippen molar-refractivity contribution in [3.63, 3.8) is 0 Å². The fraction of sp³-hybridized carbons (Fsp3) is 1.00. The van der Waals surface area contributed by atoms with Crippen LogP contribution in [0.5, 0.6) is 0 Å². The van der Waals surface area contributed by atoms with Gasteiger partial charge in [-0.05, 0) is 40.0 Å². The highest BCUT2D eigenvalue weighted by atomic mass is 16.5. The molecule has 0 spiro atoms. The smallest absolute Gasteiger partial charge is 0.0741 e. The minimum absolute atomic E-state index is 0.267. The Labute approximate surface area is 99.1 Å². The fourth-order valence-corrected chi connectivity index (χ4v) is 1.26. The Morgan fingerprint density at radius 3 is 2.44 bits per heavy atom. The molecule has 0 saturated carbocycles. The van der Waals surface area contributed by atoms with Crippen LogP contribution in [-0.2, 0) is 9.47 Å². The van der Waals surface area contributed by atoms with E-state index in [1.807, 2.05) is 13.8 Å². The molecule has 0 bridgehead atoms. The summed E-state index contributed by atoms with van der Waals surface area (Å²) in [6.45, 7) is 8.12. The number of ether oxygens (including phenoxy) is 2. The Hall–Kier alpha value is -0.160. The lowest BCUT2D eigenvalue weighted by molar-refractivity contribution is 0.0158. The normalized spacial score (nSPS) is 15.4. The Bertz CT molecular complexity index is 160. The van der Waals surface area contributed by atoms with E-state index >= 15 is 0 Å². The zero-order chi connectivity index (χ0) is 12.4. The number of hydrogen-bond donors (Lipinski definition) is 2. The molecule has 0 aliphatic heterocycles. The summed E-state index contributed by atoms with van der Waals surface area (Å²) in [5, 5.41) is 9.64. The monoisotopic (exact) mass is 233 g/mol. The topological polar surface area (TPSA) is 64.7 Å². The van der Waals surface area contributed by atoms with Crippen molar-refractivity contribution in [2.45, 2.75) is 51.7 Å². The van der Waals surface area contributed by atoms with Gasteiger partial charge in [0.15, 0.2) is 0 Å². The van der Waals surface area contributed by atoms with E-state index in [9.17, 15) is 5.11 Å². The van der Waals surface area contributed by atoms with Crippen LogP contribution in [0.2, 0.25) is 0 Å². The molecule has 4 nitrogen and oxygen atoms in total. The second kappa shape index (κ2) is 8.93. The summed E-state index contributed by atoms with van der Waals surface area (Å²) in [6, 6.07) is 0. The average molecular weight is 233 g/mol. The predicted octanol–water partition coefficient (Wildman–Crippen LogP) is 1.31. The predicted molar refractivity (Wildman–Crippen MR) is 65.4 cm³/mol. The van der Waals surface area contributed by atoms with Gasteiger partial charge in [-0.15, -0.1) is 0 Å². The molecule has 0 aromatic heterocycles. The Kier molecular flexibility index (Phi) is 8.84. The van der Waals surface area contributed by atoms with Crippen LogP contribution in [0, 0.1) is 0 Å². The molecule has 0 amide bonds. The van der Waals surface area contributed by atoms with Crippen LogP contribution >= 0.6 is 0 Å².